The Morgan fingerprint density at radius 3 is 2.52 bits per heavy atom. The van der Waals surface area contributed by atoms with Gasteiger partial charge in [-0.25, -0.2) is 4.98 Å². The molecule has 1 atom stereocenters. The topological polar surface area (TPSA) is 169 Å². The lowest BCUT2D eigenvalue weighted by Crippen LogP contribution is -2.40. The molecule has 0 aliphatic heterocycles. The van der Waals surface area contributed by atoms with Gasteiger partial charge in [0.25, 0.3) is 5.56 Å². The van der Waals surface area contributed by atoms with Crippen molar-refractivity contribution in [2.45, 2.75) is 43.9 Å². The van der Waals surface area contributed by atoms with Gasteiger partial charge in [0.1, 0.15) is 23.3 Å². The number of nitrogens with two attached hydrogens (primary N) is 2. The highest BCUT2D eigenvalue weighted by molar-refractivity contribution is 6.39. The van der Waals surface area contributed by atoms with Gasteiger partial charge in [-0.2, -0.15) is 15.2 Å². The summed E-state index contributed by atoms with van der Waals surface area (Å²) < 4.78 is 1.59. The molecule has 2 heterocycles. The maximum atomic E-state index is 13.6. The Balaban J connectivity index is 1.72. The third kappa shape index (κ3) is 3.72. The SMILES string of the molecule is N#Cc1c(N)nc(N)nc1N[C@H](c1nc2c(Cl)ccc(Cl)c2c(=O)n1[C@H]1C[C@@H](O)C1)C1CC1. The summed E-state index contributed by atoms with van der Waals surface area (Å²) in [5.74, 6) is 0.626. The molecule has 5 rings (SSSR count). The zero-order chi connectivity index (χ0) is 23.4. The van der Waals surface area contributed by atoms with E-state index in [0.29, 0.717) is 29.2 Å². The number of nitrogens with one attached hydrogen (secondary N) is 1. The van der Waals surface area contributed by atoms with Crippen molar-refractivity contribution in [3.05, 3.63) is 43.9 Å². The Hall–Kier alpha value is -3.13. The molecule has 0 radical (unpaired) electrons. The summed E-state index contributed by atoms with van der Waals surface area (Å²) in [5.41, 5.74) is 11.7. The lowest BCUT2D eigenvalue weighted by atomic mass is 9.88. The molecule has 2 aromatic heterocycles. The maximum Gasteiger partial charge on any atom is 0.263 e. The van der Waals surface area contributed by atoms with E-state index in [1.165, 1.54) is 0 Å². The van der Waals surface area contributed by atoms with E-state index in [2.05, 4.69) is 15.3 Å². The van der Waals surface area contributed by atoms with Crippen LogP contribution < -0.4 is 22.3 Å². The Morgan fingerprint density at radius 2 is 1.88 bits per heavy atom. The first-order valence-corrected chi connectivity index (χ1v) is 11.2. The van der Waals surface area contributed by atoms with Crippen molar-refractivity contribution in [3.63, 3.8) is 0 Å². The van der Waals surface area contributed by atoms with Crippen molar-refractivity contribution in [2.24, 2.45) is 5.92 Å². The molecule has 0 saturated heterocycles. The minimum absolute atomic E-state index is 0.0390. The largest absolute Gasteiger partial charge is 0.393 e. The Bertz CT molecular complexity index is 1380. The molecule has 2 aliphatic carbocycles. The quantitative estimate of drug-likeness (QED) is 0.423. The van der Waals surface area contributed by atoms with Crippen molar-refractivity contribution < 1.29 is 5.11 Å². The first kappa shape index (κ1) is 21.7. The molecule has 2 fully saturated rings. The fourth-order valence-corrected chi connectivity index (χ4v) is 4.70. The molecule has 0 spiro atoms. The molecule has 0 amide bonds. The van der Waals surface area contributed by atoms with Gasteiger partial charge in [0.2, 0.25) is 5.95 Å². The number of benzene rings is 1. The highest BCUT2D eigenvalue weighted by atomic mass is 35.5. The van der Waals surface area contributed by atoms with Crippen molar-refractivity contribution in [2.75, 3.05) is 16.8 Å². The van der Waals surface area contributed by atoms with Crippen LogP contribution in [0.25, 0.3) is 10.9 Å². The van der Waals surface area contributed by atoms with E-state index >= 15 is 0 Å². The van der Waals surface area contributed by atoms with Gasteiger partial charge in [0.05, 0.1) is 33.1 Å². The van der Waals surface area contributed by atoms with Gasteiger partial charge in [-0.05, 0) is 43.7 Å². The predicted octanol–water partition coefficient (Wildman–Crippen LogP) is 2.79. The van der Waals surface area contributed by atoms with Crippen LogP contribution in [0.15, 0.2) is 16.9 Å². The number of hydrogen-bond acceptors (Lipinski definition) is 9. The first-order chi connectivity index (χ1) is 15.8. The zero-order valence-corrected chi connectivity index (χ0v) is 18.8. The van der Waals surface area contributed by atoms with E-state index in [1.807, 2.05) is 6.07 Å². The molecule has 6 N–H and O–H groups in total. The number of nitrogens with zero attached hydrogens (tertiary/aromatic N) is 5. The van der Waals surface area contributed by atoms with E-state index in [0.717, 1.165) is 12.8 Å². The normalized spacial score (nSPS) is 20.8. The molecule has 1 aromatic carbocycles. The van der Waals surface area contributed by atoms with Crippen LogP contribution in [0.5, 0.6) is 0 Å². The van der Waals surface area contributed by atoms with Gasteiger partial charge in [0, 0.05) is 6.04 Å². The van der Waals surface area contributed by atoms with Gasteiger partial charge < -0.3 is 21.9 Å². The number of hydrogen-bond donors (Lipinski definition) is 4. The minimum atomic E-state index is -0.487. The second-order valence-corrected chi connectivity index (χ2v) is 9.25. The molecule has 2 aliphatic rings. The molecule has 33 heavy (non-hydrogen) atoms. The lowest BCUT2D eigenvalue weighted by molar-refractivity contribution is 0.0451. The van der Waals surface area contributed by atoms with Gasteiger partial charge in [0.15, 0.2) is 5.82 Å². The average Bonchev–Trinajstić information content (AvgIpc) is 3.57. The fraction of sp³-hybridized carbons (Fsp3) is 0.381. The standard InChI is InChI=1S/C21H20Cl2N8O2/c22-12-3-4-13(23)16-14(12)20(33)31(9-5-10(32)6-9)19(28-16)15(8-1-2-8)27-18-11(7-24)17(25)29-21(26)30-18/h3-4,8-10,15,32H,1-2,5-6H2,(H5,25,26,27,29,30)/t9-,10+,15-/m0/s1. The van der Waals surface area contributed by atoms with Gasteiger partial charge >= 0.3 is 0 Å². The van der Waals surface area contributed by atoms with Crippen LogP contribution in [-0.2, 0) is 0 Å². The number of anilines is 3. The predicted molar refractivity (Wildman–Crippen MR) is 125 cm³/mol. The highest BCUT2D eigenvalue weighted by Crippen LogP contribution is 2.45. The molecular formula is C21H20Cl2N8O2. The van der Waals surface area contributed by atoms with Crippen molar-refractivity contribution in [1.82, 2.24) is 19.5 Å². The molecule has 2 saturated carbocycles. The number of aliphatic hydroxyl groups is 1. The number of aromatic nitrogens is 4. The molecule has 12 heteroatoms. The Kier molecular flexibility index (Phi) is 5.28. The summed E-state index contributed by atoms with van der Waals surface area (Å²) in [5, 5.41) is 23.5. The number of nitriles is 1. The first-order valence-electron chi connectivity index (χ1n) is 10.5. The monoisotopic (exact) mass is 486 g/mol. The van der Waals surface area contributed by atoms with Crippen LogP contribution in [0.4, 0.5) is 17.6 Å². The third-order valence-electron chi connectivity index (χ3n) is 6.17. The average molecular weight is 487 g/mol. The van der Waals surface area contributed by atoms with Crippen molar-refractivity contribution >= 4 is 51.7 Å². The second kappa shape index (κ2) is 8.02. The molecule has 170 valence electrons. The highest BCUT2D eigenvalue weighted by Gasteiger charge is 2.40. The van der Waals surface area contributed by atoms with E-state index in [-0.39, 0.29) is 51.1 Å². The minimum Gasteiger partial charge on any atom is -0.393 e. The van der Waals surface area contributed by atoms with E-state index in [1.54, 1.807) is 16.7 Å². The summed E-state index contributed by atoms with van der Waals surface area (Å²) in [6.07, 6.45) is 2.14. The van der Waals surface area contributed by atoms with Crippen LogP contribution in [0.3, 0.4) is 0 Å². The molecule has 0 unspecified atom stereocenters. The van der Waals surface area contributed by atoms with Gasteiger partial charge in [-0.3, -0.25) is 9.36 Å². The second-order valence-electron chi connectivity index (χ2n) is 8.44. The maximum absolute atomic E-state index is 13.6. The molecule has 3 aromatic rings. The smallest absolute Gasteiger partial charge is 0.263 e. The van der Waals surface area contributed by atoms with E-state index in [9.17, 15) is 15.2 Å². The molecule has 0 bridgehead atoms. The van der Waals surface area contributed by atoms with Crippen molar-refractivity contribution in [3.8, 4) is 6.07 Å². The molecular weight excluding hydrogens is 467 g/mol. The zero-order valence-electron chi connectivity index (χ0n) is 17.3. The van der Waals surface area contributed by atoms with E-state index in [4.69, 9.17) is 39.7 Å². The number of nitrogen functional groups attached to an aromatic ring is 2. The van der Waals surface area contributed by atoms with Crippen LogP contribution in [0.2, 0.25) is 10.0 Å². The Morgan fingerprint density at radius 1 is 1.18 bits per heavy atom. The number of aliphatic hydroxyl groups excluding tert-OH is 1. The van der Waals surface area contributed by atoms with Crippen LogP contribution in [0.1, 0.15) is 49.2 Å². The summed E-state index contributed by atoms with van der Waals surface area (Å²) in [6.45, 7) is 0. The number of fused-ring (bicyclic) bond motifs is 1. The number of halogens is 2. The fourth-order valence-electron chi connectivity index (χ4n) is 4.27. The van der Waals surface area contributed by atoms with Crippen LogP contribution in [-0.4, -0.2) is 30.7 Å². The van der Waals surface area contributed by atoms with Crippen molar-refractivity contribution in [1.29, 1.82) is 5.26 Å². The Labute approximate surface area is 198 Å². The van der Waals surface area contributed by atoms with Gasteiger partial charge in [-0.1, -0.05) is 23.2 Å². The third-order valence-corrected chi connectivity index (χ3v) is 6.79. The number of rotatable bonds is 5. The summed E-state index contributed by atoms with van der Waals surface area (Å²) in [7, 11) is 0. The molecule has 10 nitrogen and oxygen atoms in total. The van der Waals surface area contributed by atoms with E-state index < -0.39 is 12.1 Å². The summed E-state index contributed by atoms with van der Waals surface area (Å²) in [6, 6.07) is 4.45. The lowest BCUT2D eigenvalue weighted by Gasteiger charge is -2.36. The van der Waals surface area contributed by atoms with Crippen LogP contribution >= 0.6 is 23.2 Å². The van der Waals surface area contributed by atoms with Crippen LogP contribution in [0, 0.1) is 17.2 Å². The summed E-state index contributed by atoms with van der Waals surface area (Å²) >= 11 is 12.8. The summed E-state index contributed by atoms with van der Waals surface area (Å²) in [4.78, 5) is 26.5. The van der Waals surface area contributed by atoms with Gasteiger partial charge in [-0.15, -0.1) is 0 Å².